The van der Waals surface area contributed by atoms with Gasteiger partial charge >= 0.3 is 6.18 Å². The lowest BCUT2D eigenvalue weighted by atomic mass is 10.0. The molecule has 0 saturated carbocycles. The van der Waals surface area contributed by atoms with E-state index in [1.807, 2.05) is 0 Å². The third kappa shape index (κ3) is 3.75. The molecule has 0 bridgehead atoms. The van der Waals surface area contributed by atoms with E-state index in [0.29, 0.717) is 22.6 Å². The Morgan fingerprint density at radius 3 is 2.38 bits per heavy atom. The molecule has 0 aliphatic rings. The predicted octanol–water partition coefficient (Wildman–Crippen LogP) is 5.81. The van der Waals surface area contributed by atoms with Crippen LogP contribution >= 0.6 is 11.3 Å². The highest BCUT2D eigenvalue weighted by Gasteiger charge is 2.36. The predicted molar refractivity (Wildman–Crippen MR) is 117 cm³/mol. The Balaban J connectivity index is 1.96. The Bertz CT molecular complexity index is 1320. The number of alkyl halides is 3. The van der Waals surface area contributed by atoms with Crippen LogP contribution in [-0.4, -0.2) is 25.0 Å². The molecule has 0 amide bonds. The maximum atomic E-state index is 14.0. The van der Waals surface area contributed by atoms with E-state index in [1.54, 1.807) is 48.5 Å². The minimum absolute atomic E-state index is 0.0167. The number of anilines is 1. The van der Waals surface area contributed by atoms with E-state index in [9.17, 15) is 18.0 Å². The van der Waals surface area contributed by atoms with Gasteiger partial charge in [-0.1, -0.05) is 30.3 Å². The van der Waals surface area contributed by atoms with Gasteiger partial charge in [0.15, 0.2) is 0 Å². The summed E-state index contributed by atoms with van der Waals surface area (Å²) in [5.74, 6) is 0.330. The van der Waals surface area contributed by atoms with Crippen LogP contribution < -0.4 is 15.2 Å². The minimum atomic E-state index is -4.71. The van der Waals surface area contributed by atoms with Crippen molar-refractivity contribution in [3.05, 3.63) is 70.6 Å². The lowest BCUT2D eigenvalue weighted by Gasteiger charge is -2.13. The van der Waals surface area contributed by atoms with Crippen molar-refractivity contribution >= 4 is 33.0 Å². The van der Waals surface area contributed by atoms with E-state index in [1.165, 1.54) is 14.2 Å². The number of halogens is 3. The quantitative estimate of drug-likeness (QED) is 0.382. The van der Waals surface area contributed by atoms with Gasteiger partial charge in [0.1, 0.15) is 21.2 Å². The number of nitrogens with two attached hydrogens (primary N) is 1. The second-order valence-corrected chi connectivity index (χ2v) is 7.84. The number of nitrogen functional groups attached to an aromatic ring is 1. The molecule has 4 aromatic rings. The fourth-order valence-corrected chi connectivity index (χ4v) is 4.46. The summed E-state index contributed by atoms with van der Waals surface area (Å²) >= 11 is 0.836. The summed E-state index contributed by atoms with van der Waals surface area (Å²) < 4.78 is 52.5. The topological polar surface area (TPSA) is 74.4 Å². The summed E-state index contributed by atoms with van der Waals surface area (Å²) in [4.78, 5) is 17.4. The molecule has 164 valence electrons. The normalized spacial score (nSPS) is 11.5. The number of ether oxygens (including phenoxy) is 2. The van der Waals surface area contributed by atoms with E-state index >= 15 is 0 Å². The Morgan fingerprint density at radius 1 is 1.03 bits per heavy atom. The highest BCUT2D eigenvalue weighted by atomic mass is 32.1. The average molecular weight is 458 g/mol. The number of hydrogen-bond acceptors (Lipinski definition) is 6. The lowest BCUT2D eigenvalue weighted by Crippen LogP contribution is -2.08. The SMILES string of the molecule is COc1ccc(-c2cc(C(F)(F)F)c3c(N)c(C(=O)c4ccccc4)sc3n2)c(OC)c1. The molecule has 9 heteroatoms. The molecule has 0 aliphatic heterocycles. The fourth-order valence-electron chi connectivity index (χ4n) is 3.38. The molecule has 0 spiro atoms. The van der Waals surface area contributed by atoms with Crippen molar-refractivity contribution in [2.24, 2.45) is 0 Å². The number of benzene rings is 2. The second kappa shape index (κ2) is 8.16. The van der Waals surface area contributed by atoms with E-state index in [2.05, 4.69) is 4.98 Å². The molecule has 0 fully saturated rings. The zero-order chi connectivity index (χ0) is 23.0. The minimum Gasteiger partial charge on any atom is -0.497 e. The highest BCUT2D eigenvalue weighted by Crippen LogP contribution is 2.45. The molecule has 2 aromatic heterocycles. The van der Waals surface area contributed by atoms with Crippen LogP contribution in [0.5, 0.6) is 11.5 Å². The third-order valence-corrected chi connectivity index (χ3v) is 6.03. The summed E-state index contributed by atoms with van der Waals surface area (Å²) in [5.41, 5.74) is 5.60. The Morgan fingerprint density at radius 2 is 1.75 bits per heavy atom. The molecule has 0 aliphatic carbocycles. The molecular formula is C23H17F3N2O3S. The van der Waals surface area contributed by atoms with Crippen molar-refractivity contribution in [1.82, 2.24) is 4.98 Å². The van der Waals surface area contributed by atoms with Gasteiger partial charge < -0.3 is 15.2 Å². The van der Waals surface area contributed by atoms with Crippen molar-refractivity contribution in [1.29, 1.82) is 0 Å². The average Bonchev–Trinajstić information content (AvgIpc) is 3.13. The molecule has 0 radical (unpaired) electrons. The highest BCUT2D eigenvalue weighted by molar-refractivity contribution is 7.21. The van der Waals surface area contributed by atoms with Crippen molar-refractivity contribution in [2.75, 3.05) is 20.0 Å². The Labute approximate surface area is 185 Å². The smallest absolute Gasteiger partial charge is 0.417 e. The van der Waals surface area contributed by atoms with Crippen molar-refractivity contribution in [3.63, 3.8) is 0 Å². The molecule has 2 aromatic carbocycles. The number of nitrogens with zero attached hydrogens (tertiary/aromatic N) is 1. The molecule has 0 saturated heterocycles. The van der Waals surface area contributed by atoms with Crippen molar-refractivity contribution in [2.45, 2.75) is 6.18 Å². The number of rotatable bonds is 5. The summed E-state index contributed by atoms with van der Waals surface area (Å²) in [6.07, 6.45) is -4.71. The zero-order valence-corrected chi connectivity index (χ0v) is 17.8. The van der Waals surface area contributed by atoms with E-state index in [-0.39, 0.29) is 26.5 Å². The first kappa shape index (κ1) is 21.6. The molecular weight excluding hydrogens is 441 g/mol. The van der Waals surface area contributed by atoms with Crippen LogP contribution in [-0.2, 0) is 6.18 Å². The first-order chi connectivity index (χ1) is 15.2. The number of pyridine rings is 1. The first-order valence-corrected chi connectivity index (χ1v) is 10.2. The summed E-state index contributed by atoms with van der Waals surface area (Å²) in [6, 6.07) is 13.9. The molecule has 32 heavy (non-hydrogen) atoms. The van der Waals surface area contributed by atoms with Crippen LogP contribution in [0.25, 0.3) is 21.5 Å². The number of hydrogen-bond donors (Lipinski definition) is 1. The van der Waals surface area contributed by atoms with Crippen LogP contribution in [0, 0.1) is 0 Å². The molecule has 5 nitrogen and oxygen atoms in total. The van der Waals surface area contributed by atoms with Crippen LogP contribution in [0.4, 0.5) is 18.9 Å². The number of thiophene rings is 1. The summed E-state index contributed by atoms with van der Waals surface area (Å²) in [5, 5.41) is -0.280. The van der Waals surface area contributed by atoms with E-state index in [0.717, 1.165) is 17.4 Å². The monoisotopic (exact) mass is 458 g/mol. The van der Waals surface area contributed by atoms with Crippen LogP contribution in [0.1, 0.15) is 20.8 Å². The number of carbonyl (C=O) groups excluding carboxylic acids is 1. The molecule has 0 unspecified atom stereocenters. The van der Waals surface area contributed by atoms with Crippen LogP contribution in [0.15, 0.2) is 54.6 Å². The van der Waals surface area contributed by atoms with Gasteiger partial charge in [-0.05, 0) is 18.2 Å². The van der Waals surface area contributed by atoms with Gasteiger partial charge in [-0.2, -0.15) is 13.2 Å². The lowest BCUT2D eigenvalue weighted by molar-refractivity contribution is -0.136. The largest absolute Gasteiger partial charge is 0.497 e. The number of carbonyl (C=O) groups is 1. The van der Waals surface area contributed by atoms with E-state index in [4.69, 9.17) is 15.2 Å². The summed E-state index contributed by atoms with van der Waals surface area (Å²) in [7, 11) is 2.88. The molecule has 2 N–H and O–H groups in total. The third-order valence-electron chi connectivity index (χ3n) is 4.93. The van der Waals surface area contributed by atoms with Crippen LogP contribution in [0.2, 0.25) is 0 Å². The van der Waals surface area contributed by atoms with Gasteiger partial charge in [0.25, 0.3) is 0 Å². The number of fused-ring (bicyclic) bond motifs is 1. The molecule has 0 atom stereocenters. The number of ketones is 1. The maximum Gasteiger partial charge on any atom is 0.417 e. The van der Waals surface area contributed by atoms with Gasteiger partial charge in [0.2, 0.25) is 5.78 Å². The van der Waals surface area contributed by atoms with Crippen molar-refractivity contribution < 1.29 is 27.4 Å². The van der Waals surface area contributed by atoms with Gasteiger partial charge in [-0.25, -0.2) is 4.98 Å². The fraction of sp³-hybridized carbons (Fsp3) is 0.130. The van der Waals surface area contributed by atoms with Gasteiger partial charge in [-0.15, -0.1) is 11.3 Å². The molecule has 4 rings (SSSR count). The first-order valence-electron chi connectivity index (χ1n) is 9.37. The van der Waals surface area contributed by atoms with Crippen molar-refractivity contribution in [3.8, 4) is 22.8 Å². The van der Waals surface area contributed by atoms with Gasteiger partial charge in [0, 0.05) is 22.6 Å². The second-order valence-electron chi connectivity index (χ2n) is 6.84. The summed E-state index contributed by atoms with van der Waals surface area (Å²) in [6.45, 7) is 0. The van der Waals surface area contributed by atoms with Crippen LogP contribution in [0.3, 0.4) is 0 Å². The Kier molecular flexibility index (Phi) is 5.52. The standard InChI is InChI=1S/C23H17F3N2O3S/c1-30-13-8-9-14(17(10-13)31-2)16-11-15(23(24,25)26)18-19(27)21(32-22(18)28-16)20(29)12-6-4-3-5-7-12/h3-11H,27H2,1-2H3. The number of aromatic nitrogens is 1. The van der Waals surface area contributed by atoms with Gasteiger partial charge in [-0.3, -0.25) is 4.79 Å². The zero-order valence-electron chi connectivity index (χ0n) is 17.0. The maximum absolute atomic E-state index is 14.0. The van der Waals surface area contributed by atoms with E-state index < -0.39 is 17.5 Å². The van der Waals surface area contributed by atoms with Gasteiger partial charge in [0.05, 0.1) is 31.2 Å². The Hall–Kier alpha value is -3.59. The number of methoxy groups -OCH3 is 2. The molecule has 2 heterocycles.